The zero-order chi connectivity index (χ0) is 22.6. The smallest absolute Gasteiger partial charge is 0.309 e. The van der Waals surface area contributed by atoms with Crippen LogP contribution in [0.1, 0.15) is 84.6 Å². The maximum atomic E-state index is 13.7. The molecule has 4 heteroatoms. The normalized spacial score (nSPS) is 25.7. The van der Waals surface area contributed by atoms with E-state index in [2.05, 4.69) is 33.8 Å². The van der Waals surface area contributed by atoms with Crippen molar-refractivity contribution in [2.24, 2.45) is 10.8 Å². The molecule has 0 aromatic heterocycles. The number of hydrogen-bond acceptors (Lipinski definition) is 3. The largest absolute Gasteiger partial charge is 0.458 e. The molecule has 0 spiro atoms. The molecule has 0 unspecified atom stereocenters. The van der Waals surface area contributed by atoms with Gasteiger partial charge in [0.25, 0.3) is 0 Å². The lowest BCUT2D eigenvalue weighted by atomic mass is 9.57. The summed E-state index contributed by atoms with van der Waals surface area (Å²) in [5.74, 6) is -0.582. The summed E-state index contributed by atoms with van der Waals surface area (Å²) in [4.78, 5) is 11.7. The number of aliphatic hydroxyl groups excluding tert-OH is 1. The first-order valence-corrected chi connectivity index (χ1v) is 11.7. The highest BCUT2D eigenvalue weighted by Gasteiger charge is 2.42. The molecule has 1 fully saturated rings. The van der Waals surface area contributed by atoms with Crippen LogP contribution in [0.3, 0.4) is 0 Å². The van der Waals surface area contributed by atoms with Gasteiger partial charge in [-0.05, 0) is 71.4 Å². The van der Waals surface area contributed by atoms with Crippen LogP contribution in [0.4, 0.5) is 4.39 Å². The minimum absolute atomic E-state index is 0.0654. The first kappa shape index (κ1) is 23.7. The fourth-order valence-electron chi connectivity index (χ4n) is 5.88. The standard InChI is InChI=1S/C27H37FO3/c1-5-13-27(14-6-2)17-23(19-7-9-20(28)10-8-19)24(26(3,4)18-27)12-11-22-15-21(29)16-25(30)31-22/h7-12,21-22,29H,5-6,13-18H2,1-4H3/t21-,22-/m0/s1. The Balaban J connectivity index is 2.05. The maximum Gasteiger partial charge on any atom is 0.309 e. The number of allylic oxidation sites excluding steroid dienone is 3. The molecule has 2 atom stereocenters. The van der Waals surface area contributed by atoms with Crippen LogP contribution >= 0.6 is 0 Å². The Kier molecular flexibility index (Phi) is 7.41. The number of rotatable bonds is 7. The summed E-state index contributed by atoms with van der Waals surface area (Å²) < 4.78 is 19.1. The number of carbonyl (C=O) groups is 1. The van der Waals surface area contributed by atoms with Crippen molar-refractivity contribution in [3.8, 4) is 0 Å². The molecule has 1 saturated heterocycles. The summed E-state index contributed by atoms with van der Waals surface area (Å²) in [5.41, 5.74) is 3.71. The third-order valence-corrected chi connectivity index (χ3v) is 6.84. The minimum Gasteiger partial charge on any atom is -0.458 e. The molecule has 3 nitrogen and oxygen atoms in total. The van der Waals surface area contributed by atoms with Gasteiger partial charge in [0.15, 0.2) is 0 Å². The Morgan fingerprint density at radius 2 is 1.81 bits per heavy atom. The second kappa shape index (κ2) is 9.68. The molecule has 31 heavy (non-hydrogen) atoms. The Morgan fingerprint density at radius 1 is 1.16 bits per heavy atom. The molecule has 1 N–H and O–H groups in total. The topological polar surface area (TPSA) is 46.5 Å². The molecule has 1 aliphatic carbocycles. The number of benzene rings is 1. The first-order valence-electron chi connectivity index (χ1n) is 11.7. The average molecular weight is 429 g/mol. The van der Waals surface area contributed by atoms with E-state index >= 15 is 0 Å². The van der Waals surface area contributed by atoms with Gasteiger partial charge in [-0.1, -0.05) is 58.7 Å². The highest BCUT2D eigenvalue weighted by molar-refractivity contribution is 5.74. The molecule has 1 heterocycles. The second-order valence-corrected chi connectivity index (χ2v) is 10.1. The van der Waals surface area contributed by atoms with Crippen molar-refractivity contribution < 1.29 is 19.0 Å². The Hall–Kier alpha value is -1.94. The zero-order valence-corrected chi connectivity index (χ0v) is 19.4. The summed E-state index contributed by atoms with van der Waals surface area (Å²) in [6, 6.07) is 6.83. The van der Waals surface area contributed by atoms with E-state index in [1.165, 1.54) is 36.1 Å². The van der Waals surface area contributed by atoms with Gasteiger partial charge in [0.1, 0.15) is 11.9 Å². The molecule has 1 aromatic carbocycles. The second-order valence-electron chi connectivity index (χ2n) is 10.1. The van der Waals surface area contributed by atoms with E-state index in [0.29, 0.717) is 6.42 Å². The Morgan fingerprint density at radius 3 is 2.39 bits per heavy atom. The number of carbonyl (C=O) groups excluding carboxylic acids is 1. The van der Waals surface area contributed by atoms with Crippen molar-refractivity contribution >= 4 is 11.5 Å². The average Bonchev–Trinajstić information content (AvgIpc) is 2.66. The van der Waals surface area contributed by atoms with Crippen LogP contribution in [0.2, 0.25) is 0 Å². The molecule has 170 valence electrons. The lowest BCUT2D eigenvalue weighted by Crippen LogP contribution is -2.35. The predicted octanol–water partition coefficient (Wildman–Crippen LogP) is 6.61. The lowest BCUT2D eigenvalue weighted by molar-refractivity contribution is -0.156. The van der Waals surface area contributed by atoms with Crippen molar-refractivity contribution in [3.05, 3.63) is 53.4 Å². The number of cyclic esters (lactones) is 1. The van der Waals surface area contributed by atoms with E-state index in [-0.39, 0.29) is 29.0 Å². The molecule has 0 saturated carbocycles. The van der Waals surface area contributed by atoms with Gasteiger partial charge in [-0.2, -0.15) is 0 Å². The van der Waals surface area contributed by atoms with E-state index < -0.39 is 12.2 Å². The number of hydrogen-bond donors (Lipinski definition) is 1. The van der Waals surface area contributed by atoms with E-state index in [1.54, 1.807) is 0 Å². The van der Waals surface area contributed by atoms with Crippen molar-refractivity contribution in [2.45, 2.75) is 91.3 Å². The SMILES string of the molecule is CCCC1(CCC)CC(c2ccc(F)cc2)=C(C=C[C@H]2C[C@H](O)CC(=O)O2)C(C)(C)C1. The number of ether oxygens (including phenoxy) is 1. The fraction of sp³-hybridized carbons (Fsp3) is 0.593. The van der Waals surface area contributed by atoms with Crippen LogP contribution in [0.25, 0.3) is 5.57 Å². The van der Waals surface area contributed by atoms with Gasteiger partial charge in [0.05, 0.1) is 12.5 Å². The summed E-state index contributed by atoms with van der Waals surface area (Å²) in [7, 11) is 0. The van der Waals surface area contributed by atoms with Gasteiger partial charge in [-0.25, -0.2) is 4.39 Å². The monoisotopic (exact) mass is 428 g/mol. The van der Waals surface area contributed by atoms with Crippen LogP contribution in [0.15, 0.2) is 42.0 Å². The number of esters is 1. The fourth-order valence-corrected chi connectivity index (χ4v) is 5.88. The van der Waals surface area contributed by atoms with Gasteiger partial charge in [-0.3, -0.25) is 4.79 Å². The zero-order valence-electron chi connectivity index (χ0n) is 19.4. The quantitative estimate of drug-likeness (QED) is 0.497. The molecule has 3 rings (SSSR count). The summed E-state index contributed by atoms with van der Waals surface area (Å²) in [5, 5.41) is 9.95. The Bertz CT molecular complexity index is 829. The van der Waals surface area contributed by atoms with Crippen molar-refractivity contribution in [3.63, 3.8) is 0 Å². The molecular weight excluding hydrogens is 391 g/mol. The third kappa shape index (κ3) is 5.65. The Labute approximate surface area is 186 Å². The van der Waals surface area contributed by atoms with Crippen molar-refractivity contribution in [2.75, 3.05) is 0 Å². The minimum atomic E-state index is -0.650. The molecule has 0 bridgehead atoms. The molecular formula is C27H37FO3. The predicted molar refractivity (Wildman–Crippen MR) is 123 cm³/mol. The highest BCUT2D eigenvalue weighted by atomic mass is 19.1. The van der Waals surface area contributed by atoms with Gasteiger partial charge in [0.2, 0.25) is 0 Å². The van der Waals surface area contributed by atoms with Gasteiger partial charge >= 0.3 is 5.97 Å². The van der Waals surface area contributed by atoms with Gasteiger partial charge in [-0.15, -0.1) is 0 Å². The first-order chi connectivity index (χ1) is 14.7. The summed E-state index contributed by atoms with van der Waals surface area (Å²) >= 11 is 0. The molecule has 2 aliphatic rings. The maximum absolute atomic E-state index is 13.7. The number of halogens is 1. The van der Waals surface area contributed by atoms with Crippen molar-refractivity contribution in [1.82, 2.24) is 0 Å². The van der Waals surface area contributed by atoms with E-state index in [0.717, 1.165) is 31.2 Å². The third-order valence-electron chi connectivity index (χ3n) is 6.84. The lowest BCUT2D eigenvalue weighted by Gasteiger charge is -2.47. The number of aliphatic hydroxyl groups is 1. The van der Waals surface area contributed by atoms with Gasteiger partial charge < -0.3 is 9.84 Å². The van der Waals surface area contributed by atoms with Crippen LogP contribution in [-0.4, -0.2) is 23.3 Å². The van der Waals surface area contributed by atoms with E-state index in [9.17, 15) is 14.3 Å². The van der Waals surface area contributed by atoms with E-state index in [4.69, 9.17) is 4.74 Å². The van der Waals surface area contributed by atoms with Crippen LogP contribution in [0.5, 0.6) is 0 Å². The van der Waals surface area contributed by atoms with Crippen LogP contribution in [0, 0.1) is 16.6 Å². The molecule has 0 radical (unpaired) electrons. The van der Waals surface area contributed by atoms with Gasteiger partial charge in [0, 0.05) is 6.42 Å². The molecule has 0 amide bonds. The van der Waals surface area contributed by atoms with E-state index in [1.807, 2.05) is 18.2 Å². The molecule has 1 aliphatic heterocycles. The van der Waals surface area contributed by atoms with Crippen LogP contribution < -0.4 is 0 Å². The summed E-state index contributed by atoms with van der Waals surface area (Å²) in [6.07, 6.45) is 10.2. The summed E-state index contributed by atoms with van der Waals surface area (Å²) in [6.45, 7) is 9.09. The van der Waals surface area contributed by atoms with Crippen molar-refractivity contribution in [1.29, 1.82) is 0 Å². The molecule has 1 aromatic rings. The van der Waals surface area contributed by atoms with Crippen LogP contribution in [-0.2, 0) is 9.53 Å². The highest BCUT2D eigenvalue weighted by Crippen LogP contribution is 2.56.